The summed E-state index contributed by atoms with van der Waals surface area (Å²) in [4.78, 5) is 28.7. The lowest BCUT2D eigenvalue weighted by molar-refractivity contribution is 0.0958. The summed E-state index contributed by atoms with van der Waals surface area (Å²) in [5.41, 5.74) is 0.412. The molecule has 1 aliphatic rings. The molecule has 0 saturated heterocycles. The molecule has 0 atom stereocenters. The molecule has 0 N–H and O–H groups in total. The van der Waals surface area contributed by atoms with Crippen molar-refractivity contribution in [2.45, 2.75) is 25.5 Å². The van der Waals surface area contributed by atoms with Crippen molar-refractivity contribution in [3.05, 3.63) is 52.7 Å². The fourth-order valence-corrected chi connectivity index (χ4v) is 3.86. The number of rotatable bonds is 5. The molecule has 7 heteroatoms. The van der Waals surface area contributed by atoms with E-state index in [4.69, 9.17) is 4.42 Å². The Balaban J connectivity index is 1.96. The first-order valence-electron chi connectivity index (χ1n) is 7.31. The molecule has 0 radical (unpaired) electrons. The van der Waals surface area contributed by atoms with Crippen LogP contribution in [0.25, 0.3) is 0 Å². The van der Waals surface area contributed by atoms with Crippen molar-refractivity contribution in [1.29, 1.82) is 0 Å². The largest absolute Gasteiger partial charge is 0.435 e. The maximum absolute atomic E-state index is 12.4. The average molecular weight is 333 g/mol. The molecule has 1 aliphatic carbocycles. The van der Waals surface area contributed by atoms with Gasteiger partial charge in [-0.25, -0.2) is 13.4 Å². The molecule has 3 rings (SSSR count). The summed E-state index contributed by atoms with van der Waals surface area (Å²) < 4.78 is 29.3. The predicted molar refractivity (Wildman–Crippen MR) is 82.2 cm³/mol. The number of ketones is 2. The smallest absolute Gasteiger partial charge is 0.231 e. The van der Waals surface area contributed by atoms with Crippen molar-refractivity contribution < 1.29 is 22.4 Å². The molecule has 1 aromatic carbocycles. The van der Waals surface area contributed by atoms with Crippen molar-refractivity contribution in [2.75, 3.05) is 5.75 Å². The minimum absolute atomic E-state index is 0.0265. The summed E-state index contributed by atoms with van der Waals surface area (Å²) in [5, 5.41) is 0. The maximum Gasteiger partial charge on any atom is 0.231 e. The zero-order valence-electron chi connectivity index (χ0n) is 12.5. The second kappa shape index (κ2) is 5.73. The molecule has 23 heavy (non-hydrogen) atoms. The highest BCUT2D eigenvalue weighted by molar-refractivity contribution is 7.90. The van der Waals surface area contributed by atoms with Gasteiger partial charge < -0.3 is 4.42 Å². The number of oxazole rings is 1. The van der Waals surface area contributed by atoms with Crippen LogP contribution in [0, 0.1) is 0 Å². The number of hydrogen-bond donors (Lipinski definition) is 0. The standard InChI is InChI=1S/C16H15NO5S/c1-2-3-8-23(20,21)9-12-17-13-14(18)10-6-4-5-7-11(10)15(19)16(13)22-12/h4-7H,2-3,8-9H2,1H3. The van der Waals surface area contributed by atoms with E-state index in [0.717, 1.165) is 6.42 Å². The van der Waals surface area contributed by atoms with Gasteiger partial charge in [0.1, 0.15) is 5.75 Å². The average Bonchev–Trinajstić information content (AvgIpc) is 2.94. The number of carbonyl (C=O) groups excluding carboxylic acids is 2. The Labute approximate surface area is 133 Å². The highest BCUT2D eigenvalue weighted by atomic mass is 32.2. The molecule has 2 aromatic rings. The Morgan fingerprint density at radius 3 is 2.39 bits per heavy atom. The first kappa shape index (κ1) is 15.6. The van der Waals surface area contributed by atoms with E-state index in [0.29, 0.717) is 6.42 Å². The van der Waals surface area contributed by atoms with Gasteiger partial charge in [-0.1, -0.05) is 37.6 Å². The van der Waals surface area contributed by atoms with Gasteiger partial charge in [0, 0.05) is 11.1 Å². The quantitative estimate of drug-likeness (QED) is 0.710. The van der Waals surface area contributed by atoms with Gasteiger partial charge in [-0.3, -0.25) is 9.59 Å². The Bertz CT molecular complexity index is 842. The molecule has 1 aromatic heterocycles. The third-order valence-corrected chi connectivity index (χ3v) is 5.26. The Hall–Kier alpha value is -2.28. The van der Waals surface area contributed by atoms with Gasteiger partial charge in [0.2, 0.25) is 23.2 Å². The molecular formula is C16H15NO5S. The summed E-state index contributed by atoms with van der Waals surface area (Å²) in [5.74, 6) is -1.53. The normalized spacial score (nSPS) is 13.8. The van der Waals surface area contributed by atoms with Gasteiger partial charge in [-0.05, 0) is 6.42 Å². The number of aromatic nitrogens is 1. The monoisotopic (exact) mass is 333 g/mol. The Morgan fingerprint density at radius 2 is 1.74 bits per heavy atom. The summed E-state index contributed by atoms with van der Waals surface area (Å²) in [7, 11) is -3.38. The van der Waals surface area contributed by atoms with Crippen molar-refractivity contribution in [3.8, 4) is 0 Å². The van der Waals surface area contributed by atoms with Gasteiger partial charge >= 0.3 is 0 Å². The lowest BCUT2D eigenvalue weighted by Gasteiger charge is -2.10. The fraction of sp³-hybridized carbons (Fsp3) is 0.312. The lowest BCUT2D eigenvalue weighted by atomic mass is 9.91. The summed E-state index contributed by atoms with van der Waals surface area (Å²) in [6.07, 6.45) is 1.31. The summed E-state index contributed by atoms with van der Waals surface area (Å²) in [6.45, 7) is 1.90. The molecule has 0 spiro atoms. The van der Waals surface area contributed by atoms with E-state index in [1.807, 2.05) is 6.92 Å². The van der Waals surface area contributed by atoms with Gasteiger partial charge in [-0.2, -0.15) is 0 Å². The molecule has 120 valence electrons. The minimum atomic E-state index is -3.38. The highest BCUT2D eigenvalue weighted by Crippen LogP contribution is 2.28. The van der Waals surface area contributed by atoms with E-state index in [2.05, 4.69) is 4.98 Å². The van der Waals surface area contributed by atoms with E-state index in [-0.39, 0.29) is 34.2 Å². The predicted octanol–water partition coefficient (Wildman–Crippen LogP) is 2.16. The number of benzene rings is 1. The Kier molecular flexibility index (Phi) is 3.89. The van der Waals surface area contributed by atoms with Crippen LogP contribution in [0.5, 0.6) is 0 Å². The van der Waals surface area contributed by atoms with Gasteiger partial charge in [0.25, 0.3) is 0 Å². The van der Waals surface area contributed by atoms with E-state index < -0.39 is 27.2 Å². The number of fused-ring (bicyclic) bond motifs is 2. The molecule has 0 fully saturated rings. The molecule has 0 saturated carbocycles. The second-order valence-corrected chi connectivity index (χ2v) is 7.62. The molecular weight excluding hydrogens is 318 g/mol. The topological polar surface area (TPSA) is 94.3 Å². The zero-order valence-corrected chi connectivity index (χ0v) is 13.4. The van der Waals surface area contributed by atoms with Crippen molar-refractivity contribution in [2.24, 2.45) is 0 Å². The molecule has 6 nitrogen and oxygen atoms in total. The Morgan fingerprint density at radius 1 is 1.09 bits per heavy atom. The van der Waals surface area contributed by atoms with Crippen LogP contribution in [-0.2, 0) is 15.6 Å². The first-order chi connectivity index (χ1) is 10.9. The third-order valence-electron chi connectivity index (χ3n) is 3.66. The molecule has 0 bridgehead atoms. The van der Waals surface area contributed by atoms with Gasteiger partial charge in [-0.15, -0.1) is 0 Å². The van der Waals surface area contributed by atoms with Crippen molar-refractivity contribution in [1.82, 2.24) is 4.98 Å². The minimum Gasteiger partial charge on any atom is -0.435 e. The van der Waals surface area contributed by atoms with Crippen LogP contribution < -0.4 is 0 Å². The van der Waals surface area contributed by atoms with E-state index in [1.54, 1.807) is 24.3 Å². The number of sulfone groups is 1. The molecule has 0 unspecified atom stereocenters. The van der Waals surface area contributed by atoms with Gasteiger partial charge in [0.05, 0.1) is 5.75 Å². The third kappa shape index (κ3) is 2.84. The van der Waals surface area contributed by atoms with E-state index in [1.165, 1.54) is 0 Å². The van der Waals surface area contributed by atoms with E-state index >= 15 is 0 Å². The maximum atomic E-state index is 12.4. The van der Waals surface area contributed by atoms with Crippen LogP contribution in [-0.4, -0.2) is 30.7 Å². The summed E-state index contributed by atoms with van der Waals surface area (Å²) in [6, 6.07) is 6.40. The number of hydrogen-bond acceptors (Lipinski definition) is 6. The number of carbonyl (C=O) groups is 2. The molecule has 0 amide bonds. The van der Waals surface area contributed by atoms with Gasteiger partial charge in [0.15, 0.2) is 15.5 Å². The van der Waals surface area contributed by atoms with Crippen LogP contribution in [0.3, 0.4) is 0 Å². The zero-order chi connectivity index (χ0) is 16.6. The fourth-order valence-electron chi connectivity index (χ4n) is 2.49. The SMILES string of the molecule is CCCCS(=O)(=O)Cc1nc2c(o1)C(=O)c1ccccc1C2=O. The lowest BCUT2D eigenvalue weighted by Crippen LogP contribution is -2.19. The second-order valence-electron chi connectivity index (χ2n) is 5.43. The molecule has 1 heterocycles. The van der Waals surface area contributed by atoms with E-state index in [9.17, 15) is 18.0 Å². The van der Waals surface area contributed by atoms with Crippen LogP contribution in [0.2, 0.25) is 0 Å². The number of nitrogens with zero attached hydrogens (tertiary/aromatic N) is 1. The number of unbranched alkanes of at least 4 members (excludes halogenated alkanes) is 1. The van der Waals surface area contributed by atoms with Crippen molar-refractivity contribution >= 4 is 21.4 Å². The highest BCUT2D eigenvalue weighted by Gasteiger charge is 2.35. The first-order valence-corrected chi connectivity index (χ1v) is 9.13. The molecule has 0 aliphatic heterocycles. The summed E-state index contributed by atoms with van der Waals surface area (Å²) >= 11 is 0. The van der Waals surface area contributed by atoms with Crippen LogP contribution >= 0.6 is 0 Å². The van der Waals surface area contributed by atoms with Crippen LogP contribution in [0.15, 0.2) is 28.7 Å². The van der Waals surface area contributed by atoms with Crippen LogP contribution in [0.4, 0.5) is 0 Å². The van der Waals surface area contributed by atoms with Crippen molar-refractivity contribution in [3.63, 3.8) is 0 Å². The van der Waals surface area contributed by atoms with Crippen LogP contribution in [0.1, 0.15) is 57.8 Å².